The molecule has 170 valence electrons. The van der Waals surface area contributed by atoms with Crippen molar-refractivity contribution in [2.75, 3.05) is 0 Å². The van der Waals surface area contributed by atoms with Crippen LogP contribution >= 0.6 is 0 Å². The number of nitrogens with one attached hydrogen (secondary N) is 1. The highest BCUT2D eigenvalue weighted by molar-refractivity contribution is 5.75. The lowest BCUT2D eigenvalue weighted by molar-refractivity contribution is -0.121. The number of aromatic nitrogens is 3. The van der Waals surface area contributed by atoms with Crippen molar-refractivity contribution in [3.8, 4) is 11.3 Å². The standard InChI is InChI=1S/C27H30N4O2/c1-18(2)22-9-6-21(7-10-22)17-28-26(32)11-12-30-13-14-31-25(27(30)33)16-24(29-31)23-8-5-19(3)20(4)15-23/h5-10,13-16,18H,11-12,17H2,1-4H3,(H,28,32). The van der Waals surface area contributed by atoms with Gasteiger partial charge < -0.3 is 9.88 Å². The molecule has 0 bridgehead atoms. The van der Waals surface area contributed by atoms with Gasteiger partial charge >= 0.3 is 0 Å². The van der Waals surface area contributed by atoms with Crippen molar-refractivity contribution in [3.05, 3.63) is 93.5 Å². The third-order valence-corrected chi connectivity index (χ3v) is 6.12. The van der Waals surface area contributed by atoms with Gasteiger partial charge in [-0.3, -0.25) is 9.59 Å². The number of carbonyl (C=O) groups is 1. The van der Waals surface area contributed by atoms with Gasteiger partial charge in [-0.15, -0.1) is 0 Å². The highest BCUT2D eigenvalue weighted by Gasteiger charge is 2.11. The van der Waals surface area contributed by atoms with Gasteiger partial charge in [0.05, 0.1) is 5.69 Å². The number of hydrogen-bond acceptors (Lipinski definition) is 3. The first kappa shape index (κ1) is 22.5. The van der Waals surface area contributed by atoms with E-state index in [2.05, 4.69) is 62.4 Å². The summed E-state index contributed by atoms with van der Waals surface area (Å²) in [7, 11) is 0. The van der Waals surface area contributed by atoms with Crippen molar-refractivity contribution in [1.29, 1.82) is 0 Å². The van der Waals surface area contributed by atoms with E-state index >= 15 is 0 Å². The monoisotopic (exact) mass is 442 g/mol. The Morgan fingerprint density at radius 2 is 1.76 bits per heavy atom. The molecule has 6 heteroatoms. The van der Waals surface area contributed by atoms with E-state index in [1.165, 1.54) is 16.7 Å². The Kier molecular flexibility index (Phi) is 6.45. The van der Waals surface area contributed by atoms with Gasteiger partial charge in [0.25, 0.3) is 5.56 Å². The number of fused-ring (bicyclic) bond motifs is 1. The van der Waals surface area contributed by atoms with Crippen LogP contribution in [-0.4, -0.2) is 20.1 Å². The molecule has 2 heterocycles. The minimum atomic E-state index is -0.155. The minimum Gasteiger partial charge on any atom is -0.352 e. The molecular weight excluding hydrogens is 412 g/mol. The largest absolute Gasteiger partial charge is 0.352 e. The van der Waals surface area contributed by atoms with E-state index in [1.807, 2.05) is 24.3 Å². The van der Waals surface area contributed by atoms with Crippen LogP contribution in [0.25, 0.3) is 16.8 Å². The number of rotatable bonds is 7. The van der Waals surface area contributed by atoms with Crippen LogP contribution in [0.3, 0.4) is 0 Å². The molecule has 0 fully saturated rings. The molecule has 0 radical (unpaired) electrons. The quantitative estimate of drug-likeness (QED) is 0.454. The summed E-state index contributed by atoms with van der Waals surface area (Å²) >= 11 is 0. The van der Waals surface area contributed by atoms with Crippen molar-refractivity contribution in [2.45, 2.75) is 53.1 Å². The molecule has 4 aromatic rings. The lowest BCUT2D eigenvalue weighted by Gasteiger charge is -2.09. The normalized spacial score (nSPS) is 11.3. The first-order valence-electron chi connectivity index (χ1n) is 11.3. The predicted octanol–water partition coefficient (Wildman–Crippen LogP) is 4.61. The number of aryl methyl sites for hydroxylation is 3. The third kappa shape index (κ3) is 5.06. The number of amides is 1. The van der Waals surface area contributed by atoms with E-state index < -0.39 is 0 Å². The molecule has 0 aliphatic heterocycles. The molecule has 1 N–H and O–H groups in total. The molecular formula is C27H30N4O2. The van der Waals surface area contributed by atoms with Crippen molar-refractivity contribution in [2.24, 2.45) is 0 Å². The van der Waals surface area contributed by atoms with E-state index in [0.717, 1.165) is 16.8 Å². The number of carbonyl (C=O) groups excluding carboxylic acids is 1. The Bertz CT molecular complexity index is 1350. The second-order valence-electron chi connectivity index (χ2n) is 8.88. The fraction of sp³-hybridized carbons (Fsp3) is 0.296. The van der Waals surface area contributed by atoms with Crippen LogP contribution in [0, 0.1) is 13.8 Å². The van der Waals surface area contributed by atoms with E-state index in [1.54, 1.807) is 21.5 Å². The Balaban J connectivity index is 1.41. The first-order chi connectivity index (χ1) is 15.8. The second kappa shape index (κ2) is 9.45. The van der Waals surface area contributed by atoms with Crippen molar-refractivity contribution >= 4 is 11.4 Å². The Hall–Kier alpha value is -3.67. The summed E-state index contributed by atoms with van der Waals surface area (Å²) in [6.45, 7) is 9.24. The van der Waals surface area contributed by atoms with Crippen LogP contribution in [-0.2, 0) is 17.9 Å². The molecule has 0 saturated heterocycles. The zero-order chi connectivity index (χ0) is 23.5. The van der Waals surface area contributed by atoms with Gasteiger partial charge in [-0.2, -0.15) is 5.10 Å². The van der Waals surface area contributed by atoms with Gasteiger partial charge in [0.2, 0.25) is 5.91 Å². The van der Waals surface area contributed by atoms with Crippen LogP contribution in [0.1, 0.15) is 48.4 Å². The highest BCUT2D eigenvalue weighted by Crippen LogP contribution is 2.21. The molecule has 33 heavy (non-hydrogen) atoms. The molecule has 0 unspecified atom stereocenters. The molecule has 2 aromatic heterocycles. The van der Waals surface area contributed by atoms with Gasteiger partial charge in [-0.1, -0.05) is 50.2 Å². The van der Waals surface area contributed by atoms with Gasteiger partial charge in [-0.25, -0.2) is 4.52 Å². The van der Waals surface area contributed by atoms with E-state index in [0.29, 0.717) is 24.5 Å². The van der Waals surface area contributed by atoms with Gasteiger partial charge in [0.15, 0.2) is 0 Å². The number of benzene rings is 2. The molecule has 6 nitrogen and oxygen atoms in total. The van der Waals surface area contributed by atoms with E-state index in [9.17, 15) is 9.59 Å². The predicted molar refractivity (Wildman–Crippen MR) is 131 cm³/mol. The van der Waals surface area contributed by atoms with Gasteiger partial charge in [0, 0.05) is 37.5 Å². The zero-order valence-electron chi connectivity index (χ0n) is 19.6. The lowest BCUT2D eigenvalue weighted by atomic mass is 10.0. The molecule has 0 saturated carbocycles. The van der Waals surface area contributed by atoms with Crippen molar-refractivity contribution < 1.29 is 4.79 Å². The Morgan fingerprint density at radius 3 is 2.45 bits per heavy atom. The fourth-order valence-corrected chi connectivity index (χ4v) is 3.78. The summed E-state index contributed by atoms with van der Waals surface area (Å²) in [6.07, 6.45) is 3.68. The smallest absolute Gasteiger partial charge is 0.276 e. The van der Waals surface area contributed by atoms with Crippen LogP contribution < -0.4 is 10.9 Å². The van der Waals surface area contributed by atoms with Gasteiger partial charge in [-0.05, 0) is 54.2 Å². The average Bonchev–Trinajstić information content (AvgIpc) is 3.24. The summed E-state index contributed by atoms with van der Waals surface area (Å²) in [6, 6.07) is 16.2. The maximum atomic E-state index is 12.9. The Morgan fingerprint density at radius 1 is 1.00 bits per heavy atom. The van der Waals surface area contributed by atoms with Crippen LogP contribution in [0.15, 0.2) is 65.7 Å². The SMILES string of the molecule is Cc1ccc(-c2cc3c(=O)n(CCC(=O)NCc4ccc(C(C)C)cc4)ccn3n2)cc1C. The summed E-state index contributed by atoms with van der Waals surface area (Å²) in [5.74, 6) is 0.399. The summed E-state index contributed by atoms with van der Waals surface area (Å²) in [5.41, 5.74) is 6.82. The third-order valence-electron chi connectivity index (χ3n) is 6.12. The van der Waals surface area contributed by atoms with Crippen LogP contribution in [0.5, 0.6) is 0 Å². The summed E-state index contributed by atoms with van der Waals surface area (Å²) in [5, 5.41) is 7.49. The van der Waals surface area contributed by atoms with Gasteiger partial charge in [0.1, 0.15) is 5.52 Å². The van der Waals surface area contributed by atoms with Crippen LogP contribution in [0.2, 0.25) is 0 Å². The van der Waals surface area contributed by atoms with Crippen molar-refractivity contribution in [3.63, 3.8) is 0 Å². The van der Waals surface area contributed by atoms with Crippen molar-refractivity contribution in [1.82, 2.24) is 19.5 Å². The maximum absolute atomic E-state index is 12.9. The van der Waals surface area contributed by atoms with E-state index in [-0.39, 0.29) is 17.9 Å². The molecule has 2 aromatic carbocycles. The number of hydrogen-bond donors (Lipinski definition) is 1. The topological polar surface area (TPSA) is 68.4 Å². The summed E-state index contributed by atoms with van der Waals surface area (Å²) in [4.78, 5) is 25.3. The van der Waals surface area contributed by atoms with Crippen LogP contribution in [0.4, 0.5) is 0 Å². The molecule has 4 rings (SSSR count). The molecule has 0 aliphatic rings. The average molecular weight is 443 g/mol. The van der Waals surface area contributed by atoms with E-state index in [4.69, 9.17) is 0 Å². The molecule has 0 aliphatic carbocycles. The molecule has 0 spiro atoms. The Labute approximate surface area is 193 Å². The first-order valence-corrected chi connectivity index (χ1v) is 11.3. The summed E-state index contributed by atoms with van der Waals surface area (Å²) < 4.78 is 3.17. The fourth-order valence-electron chi connectivity index (χ4n) is 3.78. The second-order valence-corrected chi connectivity index (χ2v) is 8.88. The maximum Gasteiger partial charge on any atom is 0.276 e. The molecule has 1 amide bonds. The minimum absolute atomic E-state index is 0.0842. The molecule has 0 atom stereocenters. The zero-order valence-corrected chi connectivity index (χ0v) is 19.6. The highest BCUT2D eigenvalue weighted by atomic mass is 16.1. The lowest BCUT2D eigenvalue weighted by Crippen LogP contribution is -2.27. The number of nitrogens with zero attached hydrogens (tertiary/aromatic N) is 3.